The zero-order chi connectivity index (χ0) is 18.8. The number of benzene rings is 2. The van der Waals surface area contributed by atoms with E-state index in [1.54, 1.807) is 60.7 Å². The van der Waals surface area contributed by atoms with E-state index in [-0.39, 0.29) is 0 Å². The zero-order valence-corrected chi connectivity index (χ0v) is 14.0. The number of methoxy groups -OCH3 is 1. The molecule has 26 heavy (non-hydrogen) atoms. The average Bonchev–Trinajstić information content (AvgIpc) is 3.04. The third-order valence-electron chi connectivity index (χ3n) is 4.39. The first kappa shape index (κ1) is 18.4. The van der Waals surface area contributed by atoms with Crippen molar-refractivity contribution in [3.8, 4) is 0 Å². The van der Waals surface area contributed by atoms with Gasteiger partial charge in [-0.3, -0.25) is 10.1 Å². The molecule has 0 bridgehead atoms. The maximum Gasteiger partial charge on any atom is 0.431 e. The van der Waals surface area contributed by atoms with E-state index in [1.807, 2.05) is 0 Å². The van der Waals surface area contributed by atoms with Crippen molar-refractivity contribution in [2.45, 2.75) is 30.5 Å². The molecule has 0 amide bonds. The van der Waals surface area contributed by atoms with Crippen LogP contribution in [-0.4, -0.2) is 25.0 Å². The molecule has 1 saturated heterocycles. The Labute approximate surface area is 148 Å². The molecular weight excluding hydrogens is 347 g/mol. The van der Waals surface area contributed by atoms with Crippen LogP contribution in [0.1, 0.15) is 29.7 Å². The molecule has 3 rings (SSSR count). The monoisotopic (exact) mass is 365 g/mol. The lowest BCUT2D eigenvalue weighted by Crippen LogP contribution is -2.56. The largest absolute Gasteiger partial charge is 0.469 e. The zero-order valence-electron chi connectivity index (χ0n) is 14.0. The molecule has 7 heteroatoms. The third kappa shape index (κ3) is 3.45. The predicted molar refractivity (Wildman–Crippen MR) is 88.0 cm³/mol. The van der Waals surface area contributed by atoms with E-state index in [0.717, 1.165) is 7.11 Å². The molecule has 4 nitrogen and oxygen atoms in total. The second-order valence-electron chi connectivity index (χ2n) is 6.06. The summed E-state index contributed by atoms with van der Waals surface area (Å²) in [4.78, 5) is 11.7. The second-order valence-corrected chi connectivity index (χ2v) is 6.06. The first-order chi connectivity index (χ1) is 12.4. The molecule has 1 fully saturated rings. The number of halogens is 3. The topological polar surface area (TPSA) is 47.6 Å². The molecular formula is C19H18F3NO3. The lowest BCUT2D eigenvalue weighted by molar-refractivity contribution is -0.282. The Morgan fingerprint density at radius 2 is 1.62 bits per heavy atom. The van der Waals surface area contributed by atoms with Crippen molar-refractivity contribution in [2.75, 3.05) is 7.11 Å². The molecule has 1 heterocycles. The first-order valence-electron chi connectivity index (χ1n) is 8.05. The number of esters is 1. The fraction of sp³-hybridized carbons (Fsp3) is 0.316. The smallest absolute Gasteiger partial charge is 0.431 e. The number of alkyl halides is 3. The van der Waals surface area contributed by atoms with E-state index < -0.39 is 36.4 Å². The number of ether oxygens (including phenoxy) is 2. The van der Waals surface area contributed by atoms with Crippen LogP contribution in [-0.2, 0) is 14.3 Å². The summed E-state index contributed by atoms with van der Waals surface area (Å²) in [6.07, 6.45) is -6.69. The van der Waals surface area contributed by atoms with E-state index in [4.69, 9.17) is 4.74 Å². The molecule has 2 aromatic rings. The summed E-state index contributed by atoms with van der Waals surface area (Å²) in [5.41, 5.74) is -1.59. The normalized spacial score (nSPS) is 25.8. The highest BCUT2D eigenvalue weighted by molar-refractivity contribution is 5.70. The molecule has 0 saturated carbocycles. The number of hydrogen-bond donors (Lipinski definition) is 1. The lowest BCUT2D eigenvalue weighted by atomic mass is 9.96. The van der Waals surface area contributed by atoms with Crippen LogP contribution in [0, 0.1) is 0 Å². The number of nitrogens with one attached hydrogen (secondary N) is 1. The molecule has 1 aliphatic heterocycles. The van der Waals surface area contributed by atoms with Gasteiger partial charge in [-0.25, -0.2) is 0 Å². The van der Waals surface area contributed by atoms with Crippen LogP contribution in [0.4, 0.5) is 13.2 Å². The molecule has 138 valence electrons. The molecule has 2 aromatic carbocycles. The molecule has 1 N–H and O–H groups in total. The van der Waals surface area contributed by atoms with Crippen molar-refractivity contribution in [3.05, 3.63) is 71.8 Å². The van der Waals surface area contributed by atoms with Gasteiger partial charge >= 0.3 is 12.1 Å². The van der Waals surface area contributed by atoms with E-state index in [0.29, 0.717) is 11.1 Å². The Hall–Kier alpha value is -2.38. The standard InChI is InChI=1S/C19H18F3NO3/c1-25-15(24)12-18(19(20,21)22)23-16(13-8-4-2-5-9-13)17(26-18)14-10-6-3-7-11-14/h2-11,16-17,23H,12H2,1H3/t16-,17-,18+/m0/s1. The van der Waals surface area contributed by atoms with E-state index in [2.05, 4.69) is 10.1 Å². The maximum atomic E-state index is 13.9. The Morgan fingerprint density at radius 1 is 1.08 bits per heavy atom. The summed E-state index contributed by atoms with van der Waals surface area (Å²) in [5.74, 6) is -1.00. The highest BCUT2D eigenvalue weighted by Gasteiger charge is 2.64. The minimum atomic E-state index is -4.81. The van der Waals surface area contributed by atoms with Gasteiger partial charge in [-0.05, 0) is 11.1 Å². The first-order valence-corrected chi connectivity index (χ1v) is 8.05. The van der Waals surface area contributed by atoms with Crippen molar-refractivity contribution in [1.29, 1.82) is 0 Å². The van der Waals surface area contributed by atoms with Gasteiger partial charge in [0.05, 0.1) is 19.6 Å². The van der Waals surface area contributed by atoms with Crippen molar-refractivity contribution >= 4 is 5.97 Å². The molecule has 1 aliphatic rings. The minimum Gasteiger partial charge on any atom is -0.469 e. The minimum absolute atomic E-state index is 0.588. The highest BCUT2D eigenvalue weighted by atomic mass is 19.4. The quantitative estimate of drug-likeness (QED) is 0.835. The summed E-state index contributed by atoms with van der Waals surface area (Å²) < 4.78 is 51.6. The fourth-order valence-electron chi connectivity index (χ4n) is 3.08. The predicted octanol–water partition coefficient (Wildman–Crippen LogP) is 3.91. The van der Waals surface area contributed by atoms with E-state index in [1.165, 1.54) is 0 Å². The van der Waals surface area contributed by atoms with Gasteiger partial charge in [-0.2, -0.15) is 13.2 Å². The van der Waals surface area contributed by atoms with Crippen molar-refractivity contribution in [1.82, 2.24) is 5.32 Å². The average molecular weight is 365 g/mol. The van der Waals surface area contributed by atoms with E-state index >= 15 is 0 Å². The van der Waals surface area contributed by atoms with Gasteiger partial charge in [0, 0.05) is 0 Å². The van der Waals surface area contributed by atoms with Crippen molar-refractivity contribution in [3.63, 3.8) is 0 Å². The Bertz CT molecular complexity index is 702. The van der Waals surface area contributed by atoms with Crippen LogP contribution in [0.2, 0.25) is 0 Å². The van der Waals surface area contributed by atoms with Gasteiger partial charge in [-0.1, -0.05) is 60.7 Å². The third-order valence-corrected chi connectivity index (χ3v) is 4.39. The van der Waals surface area contributed by atoms with Crippen molar-refractivity contribution < 1.29 is 27.4 Å². The van der Waals surface area contributed by atoms with Gasteiger partial charge in [0.1, 0.15) is 6.10 Å². The van der Waals surface area contributed by atoms with Crippen LogP contribution < -0.4 is 5.32 Å². The highest BCUT2D eigenvalue weighted by Crippen LogP contribution is 2.49. The Balaban J connectivity index is 2.05. The Morgan fingerprint density at radius 3 is 2.12 bits per heavy atom. The van der Waals surface area contributed by atoms with Crippen LogP contribution in [0.5, 0.6) is 0 Å². The van der Waals surface area contributed by atoms with Crippen LogP contribution >= 0.6 is 0 Å². The molecule has 0 spiro atoms. The summed E-state index contributed by atoms with van der Waals surface area (Å²) in [7, 11) is 1.05. The Kier molecular flexibility index (Phi) is 5.02. The van der Waals surface area contributed by atoms with Gasteiger partial charge in [0.2, 0.25) is 5.72 Å². The number of carbonyl (C=O) groups is 1. The molecule has 0 aliphatic carbocycles. The van der Waals surface area contributed by atoms with Gasteiger partial charge in [0.25, 0.3) is 0 Å². The van der Waals surface area contributed by atoms with Crippen LogP contribution in [0.3, 0.4) is 0 Å². The second kappa shape index (κ2) is 7.09. The van der Waals surface area contributed by atoms with Gasteiger partial charge in [0.15, 0.2) is 0 Å². The summed E-state index contributed by atoms with van der Waals surface area (Å²) in [6, 6.07) is 16.6. The van der Waals surface area contributed by atoms with Crippen LogP contribution in [0.25, 0.3) is 0 Å². The summed E-state index contributed by atoms with van der Waals surface area (Å²) in [6.45, 7) is 0. The van der Waals surface area contributed by atoms with Crippen molar-refractivity contribution in [2.24, 2.45) is 0 Å². The molecule has 0 unspecified atom stereocenters. The van der Waals surface area contributed by atoms with E-state index in [9.17, 15) is 18.0 Å². The maximum absolute atomic E-state index is 13.9. The number of hydrogen-bond acceptors (Lipinski definition) is 4. The SMILES string of the molecule is COC(=O)C[C@@]1(C(F)(F)F)N[C@@H](c2ccccc2)[C@H](c2ccccc2)O1. The number of carbonyl (C=O) groups excluding carboxylic acids is 1. The molecule has 0 radical (unpaired) electrons. The molecule has 3 atom stereocenters. The summed E-state index contributed by atoms with van der Waals surface area (Å²) >= 11 is 0. The summed E-state index contributed by atoms with van der Waals surface area (Å²) in [5, 5.41) is 2.53. The van der Waals surface area contributed by atoms with Gasteiger partial charge < -0.3 is 9.47 Å². The van der Waals surface area contributed by atoms with Gasteiger partial charge in [-0.15, -0.1) is 0 Å². The number of rotatable bonds is 4. The fourth-order valence-corrected chi connectivity index (χ4v) is 3.08. The molecule has 0 aromatic heterocycles. The van der Waals surface area contributed by atoms with Crippen LogP contribution in [0.15, 0.2) is 60.7 Å². The lowest BCUT2D eigenvalue weighted by Gasteiger charge is -2.30.